The Balaban J connectivity index is 1.28. The number of halogens is 4. The second-order valence-electron chi connectivity index (χ2n) is 12.4. The first-order chi connectivity index (χ1) is 25.0. The summed E-state index contributed by atoms with van der Waals surface area (Å²) in [5.41, 5.74) is -1.10. The van der Waals surface area contributed by atoms with Gasteiger partial charge in [0.05, 0.1) is 9.75 Å². The van der Waals surface area contributed by atoms with Crippen LogP contribution in [0.2, 0.25) is 0 Å². The molecular formula is C38H16F4N6O2S2. The van der Waals surface area contributed by atoms with E-state index in [4.69, 9.17) is 0 Å². The van der Waals surface area contributed by atoms with Crippen LogP contribution in [0.1, 0.15) is 75.1 Å². The van der Waals surface area contributed by atoms with Gasteiger partial charge in [-0.05, 0) is 60.4 Å². The smallest absolute Gasteiger partial charge is 0.212 e. The highest BCUT2D eigenvalue weighted by atomic mass is 32.1. The third-order valence-corrected chi connectivity index (χ3v) is 12.0. The van der Waals surface area contributed by atoms with Crippen LogP contribution in [0.4, 0.5) is 27.6 Å². The van der Waals surface area contributed by atoms with Gasteiger partial charge in [-0.1, -0.05) is 19.3 Å². The average Bonchev–Trinajstić information content (AvgIpc) is 3.91. The van der Waals surface area contributed by atoms with Crippen LogP contribution in [0, 0.1) is 68.6 Å². The molecule has 1 fully saturated rings. The fourth-order valence-electron chi connectivity index (χ4n) is 7.59. The quantitative estimate of drug-likeness (QED) is 0.148. The lowest BCUT2D eigenvalue weighted by molar-refractivity contribution is 0.106. The summed E-state index contributed by atoms with van der Waals surface area (Å²) >= 11 is 2.47. The first-order valence-electron chi connectivity index (χ1n) is 15.7. The molecule has 2 heterocycles. The molecule has 0 unspecified atom stereocenters. The third kappa shape index (κ3) is 4.59. The standard InChI is InChI=1S/C38H16F4N6O2S2/c39-24-6-18-20(8-26(24)41)34(49)32(30(18)16(12-43)13-44)47-28-10-22-36(51-28)37-23(38(22)4-2-1-3-5-38)11-29(52-37)48-33-31(17(14-45)15-46)19-7-25(40)27(42)9-21(19)35(33)50/h6-11H,1-5H2/b47-32-,48-33-. The fraction of sp³-hybridized carbons (Fsp3) is 0.158. The van der Waals surface area contributed by atoms with Crippen molar-refractivity contribution in [3.63, 3.8) is 0 Å². The maximum absolute atomic E-state index is 14.3. The predicted molar refractivity (Wildman–Crippen MR) is 183 cm³/mol. The summed E-state index contributed by atoms with van der Waals surface area (Å²) in [5, 5.41) is 39.5. The number of Topliss-reactive ketones (excluding diaryl/α,β-unsaturated/α-hetero) is 2. The van der Waals surface area contributed by atoms with Gasteiger partial charge in [0.1, 0.15) is 56.8 Å². The molecule has 0 atom stereocenters. The van der Waals surface area contributed by atoms with Gasteiger partial charge >= 0.3 is 0 Å². The van der Waals surface area contributed by atoms with Crippen LogP contribution in [-0.4, -0.2) is 23.0 Å². The molecule has 8 nitrogen and oxygen atoms in total. The third-order valence-electron chi connectivity index (χ3n) is 9.83. The van der Waals surface area contributed by atoms with Crippen molar-refractivity contribution >= 4 is 66.8 Å². The van der Waals surface area contributed by atoms with Crippen LogP contribution in [0.3, 0.4) is 0 Å². The maximum Gasteiger partial charge on any atom is 0.212 e. The number of thiophene rings is 2. The Bertz CT molecular complexity index is 2490. The molecular weight excluding hydrogens is 713 g/mol. The zero-order valence-electron chi connectivity index (χ0n) is 26.3. The van der Waals surface area contributed by atoms with Crippen LogP contribution in [0.5, 0.6) is 0 Å². The lowest BCUT2D eigenvalue weighted by Gasteiger charge is -2.34. The Morgan fingerprint density at radius 3 is 1.31 bits per heavy atom. The van der Waals surface area contributed by atoms with Crippen molar-refractivity contribution in [1.29, 1.82) is 21.0 Å². The number of carbonyl (C=O) groups excluding carboxylic acids is 2. The van der Waals surface area contributed by atoms with Gasteiger partial charge in [0.25, 0.3) is 0 Å². The van der Waals surface area contributed by atoms with Crippen molar-refractivity contribution in [3.05, 3.63) is 104 Å². The van der Waals surface area contributed by atoms with Crippen LogP contribution in [0.15, 0.2) is 57.5 Å². The number of rotatable bonds is 2. The SMILES string of the molecule is N#CC(C#N)=C1/C(=N/c2cc3c(s2)-c2sc(/N=C4\C(=O)c5cc(F)c(F)cc5C4=C(C#N)C#N)cc2C32CCCCC2)C(=O)c2cc(F)c(F)cc21. The monoisotopic (exact) mass is 728 g/mol. The number of hydrogen-bond donors (Lipinski definition) is 0. The van der Waals surface area contributed by atoms with Gasteiger partial charge < -0.3 is 0 Å². The molecule has 8 rings (SSSR count). The summed E-state index contributed by atoms with van der Waals surface area (Å²) in [6.45, 7) is 0. The molecule has 0 bridgehead atoms. The van der Waals surface area contributed by atoms with E-state index in [-0.39, 0.29) is 44.8 Å². The number of ketones is 2. The number of hydrogen-bond acceptors (Lipinski definition) is 10. The number of aliphatic imine (C=N–C) groups is 2. The number of allylic oxidation sites excluding steroid dienone is 4. The molecule has 4 aliphatic rings. The molecule has 0 aliphatic heterocycles. The van der Waals surface area contributed by atoms with E-state index in [9.17, 15) is 48.2 Å². The highest BCUT2D eigenvalue weighted by Gasteiger charge is 2.47. The molecule has 14 heteroatoms. The van der Waals surface area contributed by atoms with Crippen LogP contribution in [-0.2, 0) is 5.41 Å². The zero-order chi connectivity index (χ0) is 36.6. The van der Waals surface area contributed by atoms with Gasteiger partial charge in [0.2, 0.25) is 11.6 Å². The molecule has 4 aliphatic carbocycles. The minimum absolute atomic E-state index is 0.101. The van der Waals surface area contributed by atoms with Gasteiger partial charge in [-0.2, -0.15) is 21.0 Å². The van der Waals surface area contributed by atoms with Gasteiger partial charge in [-0.3, -0.25) is 9.59 Å². The lowest BCUT2D eigenvalue weighted by Crippen LogP contribution is -2.27. The van der Waals surface area contributed by atoms with E-state index in [1.165, 1.54) is 22.7 Å². The number of nitriles is 4. The van der Waals surface area contributed by atoms with E-state index < -0.39 is 51.4 Å². The van der Waals surface area contributed by atoms with Crippen molar-refractivity contribution in [2.24, 2.45) is 9.98 Å². The summed E-state index contributed by atoms with van der Waals surface area (Å²) in [7, 11) is 0. The van der Waals surface area contributed by atoms with Crippen LogP contribution >= 0.6 is 22.7 Å². The summed E-state index contributed by atoms with van der Waals surface area (Å²) < 4.78 is 57.0. The van der Waals surface area contributed by atoms with Crippen molar-refractivity contribution in [1.82, 2.24) is 0 Å². The normalized spacial score (nSPS) is 17.8. The molecule has 250 valence electrons. The number of benzene rings is 2. The second kappa shape index (κ2) is 11.9. The van der Waals surface area contributed by atoms with Gasteiger partial charge in [0.15, 0.2) is 23.3 Å². The van der Waals surface area contributed by atoms with E-state index in [1.807, 2.05) is 12.1 Å². The molecule has 4 aromatic rings. The molecule has 1 saturated carbocycles. The number of fused-ring (bicyclic) bond motifs is 7. The lowest BCUT2D eigenvalue weighted by atomic mass is 9.68. The topological polar surface area (TPSA) is 154 Å². The van der Waals surface area contributed by atoms with Crippen molar-refractivity contribution in [2.75, 3.05) is 0 Å². The van der Waals surface area contributed by atoms with Crippen molar-refractivity contribution in [3.8, 4) is 34.0 Å². The highest BCUT2D eigenvalue weighted by molar-refractivity contribution is 7.26. The Labute approximate surface area is 299 Å². The molecule has 52 heavy (non-hydrogen) atoms. The average molecular weight is 729 g/mol. The first kappa shape index (κ1) is 32.9. The summed E-state index contributed by atoms with van der Waals surface area (Å²) in [6.07, 6.45) is 4.32. The fourth-order valence-corrected chi connectivity index (χ4v) is 10.0. The van der Waals surface area contributed by atoms with Crippen molar-refractivity contribution < 1.29 is 27.2 Å². The van der Waals surface area contributed by atoms with Gasteiger partial charge in [0, 0.05) is 38.8 Å². The Kier molecular flexibility index (Phi) is 7.51. The summed E-state index contributed by atoms with van der Waals surface area (Å²) in [4.78, 5) is 37.9. The molecule has 1 spiro atoms. The second-order valence-corrected chi connectivity index (χ2v) is 14.5. The molecule has 2 aromatic carbocycles. The minimum Gasteiger partial charge on any atom is -0.287 e. The maximum atomic E-state index is 14.3. The summed E-state index contributed by atoms with van der Waals surface area (Å²) in [6, 6.07) is 13.6. The number of carbonyl (C=O) groups is 2. The van der Waals surface area contributed by atoms with E-state index in [0.717, 1.165) is 77.3 Å². The van der Waals surface area contributed by atoms with E-state index in [1.54, 1.807) is 24.3 Å². The summed E-state index contributed by atoms with van der Waals surface area (Å²) in [5.74, 6) is -6.54. The van der Waals surface area contributed by atoms with E-state index >= 15 is 0 Å². The Hall–Kier alpha value is -6.32. The first-order valence-corrected chi connectivity index (χ1v) is 17.3. The highest BCUT2D eigenvalue weighted by Crippen LogP contribution is 2.63. The largest absolute Gasteiger partial charge is 0.287 e. The zero-order valence-corrected chi connectivity index (χ0v) is 28.0. The molecule has 0 amide bonds. The molecule has 0 N–H and O–H groups in total. The predicted octanol–water partition coefficient (Wildman–Crippen LogP) is 9.14. The number of nitrogens with zero attached hydrogens (tertiary/aromatic N) is 6. The van der Waals surface area contributed by atoms with Crippen LogP contribution < -0.4 is 0 Å². The van der Waals surface area contributed by atoms with Gasteiger partial charge in [-0.15, -0.1) is 22.7 Å². The molecule has 0 saturated heterocycles. The van der Waals surface area contributed by atoms with E-state index in [0.29, 0.717) is 10.0 Å². The molecule has 2 aromatic heterocycles. The van der Waals surface area contributed by atoms with Crippen molar-refractivity contribution in [2.45, 2.75) is 37.5 Å². The van der Waals surface area contributed by atoms with E-state index in [2.05, 4.69) is 9.98 Å². The molecule has 0 radical (unpaired) electrons. The Morgan fingerprint density at radius 2 is 0.942 bits per heavy atom. The van der Waals surface area contributed by atoms with Crippen LogP contribution in [0.25, 0.3) is 20.9 Å². The minimum atomic E-state index is -1.26. The van der Waals surface area contributed by atoms with Gasteiger partial charge in [-0.25, -0.2) is 27.5 Å². The Morgan fingerprint density at radius 1 is 0.577 bits per heavy atom.